The molecule has 2 aromatic rings. The minimum atomic E-state index is -0.499. The molecule has 0 aliphatic carbocycles. The fraction of sp³-hybridized carbons (Fsp3) is 0.250. The molecule has 2 rings (SSSR count). The Hall–Kier alpha value is -2.37. The Bertz CT molecular complexity index is 578. The van der Waals surface area contributed by atoms with E-state index < -0.39 is 5.97 Å². The van der Waals surface area contributed by atoms with E-state index in [1.54, 1.807) is 32.0 Å². The lowest BCUT2D eigenvalue weighted by Crippen LogP contribution is -2.07. The lowest BCUT2D eigenvalue weighted by Gasteiger charge is -1.99. The van der Waals surface area contributed by atoms with Crippen molar-refractivity contribution in [2.45, 2.75) is 13.8 Å². The number of nitrogens with zero attached hydrogens (tertiary/aromatic N) is 3. The van der Waals surface area contributed by atoms with E-state index in [0.29, 0.717) is 11.4 Å². The van der Waals surface area contributed by atoms with E-state index in [1.165, 1.54) is 10.9 Å². The van der Waals surface area contributed by atoms with Crippen LogP contribution in [0.5, 0.6) is 5.75 Å². The molecular weight excluding hydrogens is 234 g/mol. The summed E-state index contributed by atoms with van der Waals surface area (Å²) in [7, 11) is 0. The summed E-state index contributed by atoms with van der Waals surface area (Å²) >= 11 is 0. The highest BCUT2D eigenvalue weighted by Crippen LogP contribution is 2.15. The third-order valence-electron chi connectivity index (χ3n) is 2.31. The SMILES string of the molecule is CCOC(=O)c1nn(-c2cccc(O)c2)nc1C. The van der Waals surface area contributed by atoms with Crippen molar-refractivity contribution in [3.05, 3.63) is 35.7 Å². The second-order valence-electron chi connectivity index (χ2n) is 3.66. The number of hydrogen-bond donors (Lipinski definition) is 1. The highest BCUT2D eigenvalue weighted by Gasteiger charge is 2.17. The largest absolute Gasteiger partial charge is 0.508 e. The summed E-state index contributed by atoms with van der Waals surface area (Å²) in [5.41, 5.74) is 1.24. The van der Waals surface area contributed by atoms with Gasteiger partial charge in [-0.1, -0.05) is 6.07 Å². The van der Waals surface area contributed by atoms with E-state index in [9.17, 15) is 9.90 Å². The van der Waals surface area contributed by atoms with Crippen LogP contribution < -0.4 is 0 Å². The number of carbonyl (C=O) groups excluding carboxylic acids is 1. The van der Waals surface area contributed by atoms with Crippen molar-refractivity contribution >= 4 is 5.97 Å². The molecular formula is C12H13N3O3. The van der Waals surface area contributed by atoms with Gasteiger partial charge in [-0.05, 0) is 26.0 Å². The van der Waals surface area contributed by atoms with Gasteiger partial charge in [-0.15, -0.1) is 5.10 Å². The van der Waals surface area contributed by atoms with Gasteiger partial charge in [0, 0.05) is 6.07 Å². The maximum atomic E-state index is 11.6. The van der Waals surface area contributed by atoms with E-state index in [-0.39, 0.29) is 18.1 Å². The highest BCUT2D eigenvalue weighted by molar-refractivity contribution is 5.88. The number of aryl methyl sites for hydroxylation is 1. The van der Waals surface area contributed by atoms with E-state index in [1.807, 2.05) is 0 Å². The fourth-order valence-electron chi connectivity index (χ4n) is 1.50. The number of ether oxygens (including phenoxy) is 1. The summed E-state index contributed by atoms with van der Waals surface area (Å²) in [6.45, 7) is 3.70. The van der Waals surface area contributed by atoms with Crippen molar-refractivity contribution in [1.29, 1.82) is 0 Å². The zero-order valence-electron chi connectivity index (χ0n) is 10.1. The molecule has 0 aliphatic rings. The first-order chi connectivity index (χ1) is 8.61. The van der Waals surface area contributed by atoms with Crippen LogP contribution in [0.15, 0.2) is 24.3 Å². The third-order valence-corrected chi connectivity index (χ3v) is 2.31. The standard InChI is InChI=1S/C12H13N3O3/c1-3-18-12(17)11-8(2)13-15(14-11)9-5-4-6-10(16)7-9/h4-7,16H,3H2,1-2H3. The topological polar surface area (TPSA) is 77.2 Å². The number of benzene rings is 1. The molecule has 1 heterocycles. The number of rotatable bonds is 3. The van der Waals surface area contributed by atoms with Crippen LogP contribution in [0.25, 0.3) is 5.69 Å². The molecule has 0 amide bonds. The lowest BCUT2D eigenvalue weighted by molar-refractivity contribution is 0.0518. The molecule has 0 atom stereocenters. The van der Waals surface area contributed by atoms with Crippen LogP contribution in [-0.2, 0) is 4.74 Å². The Morgan fingerprint density at radius 2 is 2.22 bits per heavy atom. The van der Waals surface area contributed by atoms with E-state index in [2.05, 4.69) is 10.2 Å². The second-order valence-corrected chi connectivity index (χ2v) is 3.66. The Morgan fingerprint density at radius 1 is 1.44 bits per heavy atom. The number of aromatic hydroxyl groups is 1. The van der Waals surface area contributed by atoms with Gasteiger partial charge in [0.2, 0.25) is 0 Å². The normalized spacial score (nSPS) is 10.3. The van der Waals surface area contributed by atoms with Crippen LogP contribution >= 0.6 is 0 Å². The molecule has 18 heavy (non-hydrogen) atoms. The van der Waals surface area contributed by atoms with Gasteiger partial charge in [0.15, 0.2) is 5.69 Å². The van der Waals surface area contributed by atoms with Crippen LogP contribution in [0.1, 0.15) is 23.1 Å². The smallest absolute Gasteiger partial charge is 0.360 e. The van der Waals surface area contributed by atoms with Crippen LogP contribution in [0.4, 0.5) is 0 Å². The van der Waals surface area contributed by atoms with Crippen LogP contribution in [0.2, 0.25) is 0 Å². The van der Waals surface area contributed by atoms with Gasteiger partial charge in [0.25, 0.3) is 0 Å². The highest BCUT2D eigenvalue weighted by atomic mass is 16.5. The van der Waals surface area contributed by atoms with Crippen molar-refractivity contribution < 1.29 is 14.6 Å². The summed E-state index contributed by atoms with van der Waals surface area (Å²) in [5.74, 6) is -0.387. The Labute approximate surface area is 104 Å². The summed E-state index contributed by atoms with van der Waals surface area (Å²) < 4.78 is 4.88. The first-order valence-corrected chi connectivity index (χ1v) is 5.52. The van der Waals surface area contributed by atoms with Crippen molar-refractivity contribution in [2.75, 3.05) is 6.61 Å². The number of hydrogen-bond acceptors (Lipinski definition) is 5. The lowest BCUT2D eigenvalue weighted by atomic mass is 10.3. The first-order valence-electron chi connectivity index (χ1n) is 5.52. The average Bonchev–Trinajstić information content (AvgIpc) is 2.72. The number of carbonyl (C=O) groups is 1. The van der Waals surface area contributed by atoms with Crippen LogP contribution in [0.3, 0.4) is 0 Å². The van der Waals surface area contributed by atoms with E-state index >= 15 is 0 Å². The van der Waals surface area contributed by atoms with Gasteiger partial charge >= 0.3 is 5.97 Å². The molecule has 6 nitrogen and oxygen atoms in total. The summed E-state index contributed by atoms with van der Waals surface area (Å²) in [4.78, 5) is 12.9. The minimum Gasteiger partial charge on any atom is -0.508 e. The fourth-order valence-corrected chi connectivity index (χ4v) is 1.50. The molecule has 94 valence electrons. The quantitative estimate of drug-likeness (QED) is 0.831. The van der Waals surface area contributed by atoms with Crippen molar-refractivity contribution in [3.8, 4) is 11.4 Å². The van der Waals surface area contributed by atoms with Gasteiger partial charge in [-0.2, -0.15) is 9.90 Å². The number of phenolic OH excluding ortho intramolecular Hbond substituents is 1. The summed E-state index contributed by atoms with van der Waals surface area (Å²) in [5, 5.41) is 17.6. The van der Waals surface area contributed by atoms with Crippen molar-refractivity contribution in [2.24, 2.45) is 0 Å². The monoisotopic (exact) mass is 247 g/mol. The number of esters is 1. The number of aromatic nitrogens is 3. The predicted molar refractivity (Wildman–Crippen MR) is 63.7 cm³/mol. The Morgan fingerprint density at radius 3 is 2.89 bits per heavy atom. The van der Waals surface area contributed by atoms with Crippen molar-refractivity contribution in [3.63, 3.8) is 0 Å². The van der Waals surface area contributed by atoms with Gasteiger partial charge in [0.1, 0.15) is 5.75 Å². The summed E-state index contributed by atoms with van der Waals surface area (Å²) in [6.07, 6.45) is 0. The molecule has 0 bridgehead atoms. The zero-order valence-corrected chi connectivity index (χ0v) is 10.1. The van der Waals surface area contributed by atoms with Gasteiger partial charge in [0.05, 0.1) is 18.0 Å². The first kappa shape index (κ1) is 12.1. The Kier molecular flexibility index (Phi) is 3.27. The molecule has 0 fully saturated rings. The number of phenols is 1. The van der Waals surface area contributed by atoms with Gasteiger partial charge in [-0.25, -0.2) is 4.79 Å². The molecule has 1 aromatic carbocycles. The average molecular weight is 247 g/mol. The maximum absolute atomic E-state index is 11.6. The van der Waals surface area contributed by atoms with Crippen LogP contribution in [0, 0.1) is 6.92 Å². The third kappa shape index (κ3) is 2.32. The maximum Gasteiger partial charge on any atom is 0.360 e. The minimum absolute atomic E-state index is 0.111. The second kappa shape index (κ2) is 4.87. The molecule has 0 radical (unpaired) electrons. The molecule has 1 N–H and O–H groups in total. The molecule has 0 unspecified atom stereocenters. The molecule has 0 saturated heterocycles. The molecule has 0 saturated carbocycles. The molecule has 1 aromatic heterocycles. The van der Waals surface area contributed by atoms with E-state index in [4.69, 9.17) is 4.74 Å². The predicted octanol–water partition coefficient (Wildman–Crippen LogP) is 1.46. The molecule has 6 heteroatoms. The van der Waals surface area contributed by atoms with E-state index in [0.717, 1.165) is 0 Å². The van der Waals surface area contributed by atoms with Crippen LogP contribution in [-0.4, -0.2) is 32.7 Å². The molecule has 0 aliphatic heterocycles. The van der Waals surface area contributed by atoms with Crippen molar-refractivity contribution in [1.82, 2.24) is 15.0 Å². The Balaban J connectivity index is 2.37. The van der Waals surface area contributed by atoms with Gasteiger partial charge < -0.3 is 9.84 Å². The molecule has 0 spiro atoms. The summed E-state index contributed by atoms with van der Waals surface area (Å²) in [6, 6.07) is 6.46. The zero-order chi connectivity index (χ0) is 13.1. The van der Waals surface area contributed by atoms with Gasteiger partial charge in [-0.3, -0.25) is 0 Å².